The number of rotatable bonds is 4. The Labute approximate surface area is 114 Å². The van der Waals surface area contributed by atoms with Gasteiger partial charge in [0.2, 0.25) is 0 Å². The molecule has 0 heterocycles. The maximum Gasteiger partial charge on any atom is 0.119 e. The van der Waals surface area contributed by atoms with E-state index in [1.54, 1.807) is 0 Å². The average Bonchev–Trinajstić information content (AvgIpc) is 2.94. The van der Waals surface area contributed by atoms with Crippen LogP contribution in [-0.4, -0.2) is 13.2 Å². The summed E-state index contributed by atoms with van der Waals surface area (Å²) >= 11 is 0. The Kier molecular flexibility index (Phi) is 3.43. The van der Waals surface area contributed by atoms with Crippen molar-refractivity contribution < 1.29 is 4.74 Å². The molecule has 100 valence electrons. The van der Waals surface area contributed by atoms with Crippen molar-refractivity contribution in [3.05, 3.63) is 42.5 Å². The quantitative estimate of drug-likeness (QED) is 0.903. The molecule has 0 radical (unpaired) electrons. The normalized spacial score (nSPS) is 17.7. The van der Waals surface area contributed by atoms with Crippen molar-refractivity contribution in [1.82, 2.24) is 0 Å². The summed E-state index contributed by atoms with van der Waals surface area (Å²) in [5.41, 5.74) is 6.16. The first kappa shape index (κ1) is 12.5. The molecule has 2 nitrogen and oxygen atoms in total. The van der Waals surface area contributed by atoms with Crippen LogP contribution in [0.1, 0.15) is 25.7 Å². The second-order valence-electron chi connectivity index (χ2n) is 5.71. The number of hydrogen-bond acceptors (Lipinski definition) is 2. The Morgan fingerprint density at radius 3 is 2.47 bits per heavy atom. The van der Waals surface area contributed by atoms with Crippen molar-refractivity contribution in [2.24, 2.45) is 11.1 Å². The molecule has 0 aliphatic heterocycles. The molecule has 2 heteroatoms. The van der Waals surface area contributed by atoms with Gasteiger partial charge in [0.25, 0.3) is 0 Å². The lowest BCUT2D eigenvalue weighted by Gasteiger charge is -2.27. The Hall–Kier alpha value is -1.54. The first-order chi connectivity index (χ1) is 9.31. The molecule has 0 bridgehead atoms. The van der Waals surface area contributed by atoms with Crippen LogP contribution in [0.4, 0.5) is 0 Å². The van der Waals surface area contributed by atoms with E-state index in [-0.39, 0.29) is 5.41 Å². The largest absolute Gasteiger partial charge is 0.493 e. The van der Waals surface area contributed by atoms with E-state index in [4.69, 9.17) is 10.5 Å². The summed E-state index contributed by atoms with van der Waals surface area (Å²) in [7, 11) is 0. The minimum Gasteiger partial charge on any atom is -0.493 e. The third-order valence-corrected chi connectivity index (χ3v) is 4.36. The Morgan fingerprint density at radius 2 is 1.74 bits per heavy atom. The molecule has 0 unspecified atom stereocenters. The Balaban J connectivity index is 1.74. The van der Waals surface area contributed by atoms with Gasteiger partial charge in [0.15, 0.2) is 0 Å². The third kappa shape index (κ3) is 2.59. The summed E-state index contributed by atoms with van der Waals surface area (Å²) in [5, 5.41) is 2.48. The highest BCUT2D eigenvalue weighted by molar-refractivity contribution is 5.83. The topological polar surface area (TPSA) is 35.2 Å². The maximum absolute atomic E-state index is 6.01. The highest BCUT2D eigenvalue weighted by Gasteiger charge is 2.33. The maximum atomic E-state index is 6.01. The molecule has 0 amide bonds. The summed E-state index contributed by atoms with van der Waals surface area (Å²) in [5.74, 6) is 0.957. The van der Waals surface area contributed by atoms with Gasteiger partial charge in [-0.3, -0.25) is 0 Å². The lowest BCUT2D eigenvalue weighted by atomic mass is 9.87. The molecule has 19 heavy (non-hydrogen) atoms. The molecule has 1 fully saturated rings. The number of nitrogens with two attached hydrogens (primary N) is 1. The highest BCUT2D eigenvalue weighted by atomic mass is 16.5. The SMILES string of the molecule is NCC1(COc2ccc3ccccc3c2)CCCC1. The second kappa shape index (κ2) is 5.22. The van der Waals surface area contributed by atoms with Crippen LogP contribution >= 0.6 is 0 Å². The smallest absolute Gasteiger partial charge is 0.119 e. The van der Waals surface area contributed by atoms with Crippen molar-refractivity contribution in [3.63, 3.8) is 0 Å². The summed E-state index contributed by atoms with van der Waals surface area (Å²) in [6.07, 6.45) is 4.99. The number of ether oxygens (including phenoxy) is 1. The molecule has 2 aromatic carbocycles. The van der Waals surface area contributed by atoms with Gasteiger partial charge in [0.1, 0.15) is 5.75 Å². The van der Waals surface area contributed by atoms with Gasteiger partial charge >= 0.3 is 0 Å². The first-order valence-electron chi connectivity index (χ1n) is 7.13. The fourth-order valence-electron chi connectivity index (χ4n) is 3.03. The molecule has 0 saturated heterocycles. The van der Waals surface area contributed by atoms with E-state index in [0.29, 0.717) is 0 Å². The lowest BCUT2D eigenvalue weighted by Crippen LogP contribution is -2.33. The van der Waals surface area contributed by atoms with Crippen molar-refractivity contribution in [2.75, 3.05) is 13.2 Å². The van der Waals surface area contributed by atoms with Crippen molar-refractivity contribution in [3.8, 4) is 5.75 Å². The van der Waals surface area contributed by atoms with E-state index in [9.17, 15) is 0 Å². The van der Waals surface area contributed by atoms with Crippen LogP contribution in [0.3, 0.4) is 0 Å². The third-order valence-electron chi connectivity index (χ3n) is 4.36. The zero-order chi connectivity index (χ0) is 13.1. The molecular weight excluding hydrogens is 234 g/mol. The number of benzene rings is 2. The van der Waals surface area contributed by atoms with Gasteiger partial charge in [-0.15, -0.1) is 0 Å². The zero-order valence-electron chi connectivity index (χ0n) is 11.3. The summed E-state index contributed by atoms with van der Waals surface area (Å²) < 4.78 is 6.01. The molecule has 0 spiro atoms. The van der Waals surface area contributed by atoms with Crippen molar-refractivity contribution >= 4 is 10.8 Å². The predicted octanol–water partition coefficient (Wildman–Crippen LogP) is 3.74. The van der Waals surface area contributed by atoms with Gasteiger partial charge in [0, 0.05) is 12.0 Å². The van der Waals surface area contributed by atoms with Crippen LogP contribution in [0, 0.1) is 5.41 Å². The molecule has 3 rings (SSSR count). The van der Waals surface area contributed by atoms with Crippen LogP contribution in [0.5, 0.6) is 5.75 Å². The molecule has 0 aromatic heterocycles. The molecule has 2 aromatic rings. The second-order valence-corrected chi connectivity index (χ2v) is 5.71. The lowest BCUT2D eigenvalue weighted by molar-refractivity contribution is 0.157. The molecule has 1 aliphatic rings. The highest BCUT2D eigenvalue weighted by Crippen LogP contribution is 2.37. The molecule has 1 aliphatic carbocycles. The molecular formula is C17H21NO. The number of hydrogen-bond donors (Lipinski definition) is 1. The van der Waals surface area contributed by atoms with E-state index in [1.165, 1.54) is 36.5 Å². The number of fused-ring (bicyclic) bond motifs is 1. The van der Waals surface area contributed by atoms with E-state index in [0.717, 1.165) is 18.9 Å². The molecule has 1 saturated carbocycles. The van der Waals surface area contributed by atoms with Crippen LogP contribution in [0.15, 0.2) is 42.5 Å². The minimum atomic E-state index is 0.214. The van der Waals surface area contributed by atoms with Crippen LogP contribution < -0.4 is 10.5 Å². The standard InChI is InChI=1S/C17H21NO/c18-12-17(9-3-4-10-17)13-19-16-8-7-14-5-1-2-6-15(14)11-16/h1-2,5-8,11H,3-4,9-10,12-13,18H2. The zero-order valence-corrected chi connectivity index (χ0v) is 11.3. The van der Waals surface area contributed by atoms with Gasteiger partial charge in [0.05, 0.1) is 6.61 Å². The predicted molar refractivity (Wildman–Crippen MR) is 79.4 cm³/mol. The summed E-state index contributed by atoms with van der Waals surface area (Å²) in [4.78, 5) is 0. The van der Waals surface area contributed by atoms with Crippen molar-refractivity contribution in [2.45, 2.75) is 25.7 Å². The summed E-state index contributed by atoms with van der Waals surface area (Å²) in [6.45, 7) is 1.49. The minimum absolute atomic E-state index is 0.214. The van der Waals surface area contributed by atoms with E-state index < -0.39 is 0 Å². The van der Waals surface area contributed by atoms with Gasteiger partial charge < -0.3 is 10.5 Å². The average molecular weight is 255 g/mol. The Bertz CT molecular complexity index is 558. The van der Waals surface area contributed by atoms with E-state index in [2.05, 4.69) is 42.5 Å². The molecule has 0 atom stereocenters. The van der Waals surface area contributed by atoms with Crippen LogP contribution in [-0.2, 0) is 0 Å². The van der Waals surface area contributed by atoms with Gasteiger partial charge in [-0.05, 0) is 35.7 Å². The van der Waals surface area contributed by atoms with Gasteiger partial charge in [-0.25, -0.2) is 0 Å². The van der Waals surface area contributed by atoms with E-state index >= 15 is 0 Å². The fraction of sp³-hybridized carbons (Fsp3) is 0.412. The summed E-state index contributed by atoms with van der Waals surface area (Å²) in [6, 6.07) is 14.7. The molecule has 2 N–H and O–H groups in total. The fourth-order valence-corrected chi connectivity index (χ4v) is 3.03. The van der Waals surface area contributed by atoms with Crippen LogP contribution in [0.25, 0.3) is 10.8 Å². The van der Waals surface area contributed by atoms with E-state index in [1.807, 2.05) is 0 Å². The van der Waals surface area contributed by atoms with Gasteiger partial charge in [-0.1, -0.05) is 43.2 Å². The first-order valence-corrected chi connectivity index (χ1v) is 7.13. The van der Waals surface area contributed by atoms with Crippen LogP contribution in [0.2, 0.25) is 0 Å². The monoisotopic (exact) mass is 255 g/mol. The van der Waals surface area contributed by atoms with Crippen molar-refractivity contribution in [1.29, 1.82) is 0 Å². The Morgan fingerprint density at radius 1 is 1.00 bits per heavy atom. The van der Waals surface area contributed by atoms with Gasteiger partial charge in [-0.2, -0.15) is 0 Å².